The summed E-state index contributed by atoms with van der Waals surface area (Å²) >= 11 is 0. The van der Waals surface area contributed by atoms with Gasteiger partial charge in [-0.2, -0.15) is 0 Å². The average molecular weight is 301 g/mol. The minimum Gasteiger partial charge on any atom is -0.508 e. The summed E-state index contributed by atoms with van der Waals surface area (Å²) in [6, 6.07) is 5.12. The quantitative estimate of drug-likeness (QED) is 0.884. The van der Waals surface area contributed by atoms with Crippen LogP contribution in [0.4, 0.5) is 0 Å². The van der Waals surface area contributed by atoms with Crippen molar-refractivity contribution in [3.8, 4) is 5.75 Å². The van der Waals surface area contributed by atoms with E-state index < -0.39 is 0 Å². The third-order valence-corrected chi connectivity index (χ3v) is 4.55. The molecule has 1 saturated heterocycles. The highest BCUT2D eigenvalue weighted by Gasteiger charge is 2.18. The van der Waals surface area contributed by atoms with Crippen molar-refractivity contribution in [2.45, 2.75) is 39.7 Å². The van der Waals surface area contributed by atoms with E-state index in [1.54, 1.807) is 12.1 Å². The Kier molecular flexibility index (Phi) is 4.21. The number of piperidine rings is 1. The first-order valence-corrected chi connectivity index (χ1v) is 8.07. The van der Waals surface area contributed by atoms with Gasteiger partial charge in [0.15, 0.2) is 0 Å². The Morgan fingerprint density at radius 1 is 1.32 bits per heavy atom. The fourth-order valence-corrected chi connectivity index (χ4v) is 3.39. The second kappa shape index (κ2) is 6.13. The minimum absolute atomic E-state index is 0.196. The van der Waals surface area contributed by atoms with Crippen LogP contribution in [-0.4, -0.2) is 23.1 Å². The summed E-state index contributed by atoms with van der Waals surface area (Å²) in [4.78, 5) is 14.2. The smallest absolute Gasteiger partial charge is 0.336 e. The number of fused-ring (bicyclic) bond motifs is 1. The van der Waals surface area contributed by atoms with Crippen molar-refractivity contribution in [3.05, 3.63) is 39.7 Å². The monoisotopic (exact) mass is 301 g/mol. The van der Waals surface area contributed by atoms with E-state index in [9.17, 15) is 9.90 Å². The standard InChI is InChI=1S/C18H23NO3/c1-3-13-7-15-14(11-19-6-4-5-12(2)10-19)8-18(21)22-17(15)9-16(13)20/h7-9,12,20H,3-6,10-11H2,1-2H3/t12-/m1/s1. The summed E-state index contributed by atoms with van der Waals surface area (Å²) in [5, 5.41) is 10.9. The van der Waals surface area contributed by atoms with Gasteiger partial charge in [-0.3, -0.25) is 4.90 Å². The van der Waals surface area contributed by atoms with Gasteiger partial charge >= 0.3 is 5.63 Å². The molecule has 0 saturated carbocycles. The molecule has 1 fully saturated rings. The summed E-state index contributed by atoms with van der Waals surface area (Å²) < 4.78 is 5.26. The topological polar surface area (TPSA) is 53.7 Å². The lowest BCUT2D eigenvalue weighted by Gasteiger charge is -2.31. The molecule has 2 heterocycles. The van der Waals surface area contributed by atoms with Gasteiger partial charge in [0.1, 0.15) is 11.3 Å². The van der Waals surface area contributed by atoms with E-state index in [2.05, 4.69) is 11.8 Å². The van der Waals surface area contributed by atoms with Crippen LogP contribution >= 0.6 is 0 Å². The molecule has 0 radical (unpaired) electrons. The van der Waals surface area contributed by atoms with Crippen LogP contribution in [0.1, 0.15) is 37.8 Å². The van der Waals surface area contributed by atoms with Crippen LogP contribution in [0, 0.1) is 5.92 Å². The molecule has 0 spiro atoms. The molecule has 118 valence electrons. The molecule has 0 aliphatic carbocycles. The van der Waals surface area contributed by atoms with Crippen molar-refractivity contribution >= 4 is 11.0 Å². The molecule has 1 aliphatic heterocycles. The maximum atomic E-state index is 11.8. The van der Waals surface area contributed by atoms with Crippen LogP contribution in [0.25, 0.3) is 11.0 Å². The number of likely N-dealkylation sites (tertiary alicyclic amines) is 1. The Morgan fingerprint density at radius 2 is 2.14 bits per heavy atom. The Hall–Kier alpha value is -1.81. The van der Waals surface area contributed by atoms with Gasteiger partial charge in [0.2, 0.25) is 0 Å². The van der Waals surface area contributed by atoms with Gasteiger partial charge in [-0.15, -0.1) is 0 Å². The lowest BCUT2D eigenvalue weighted by molar-refractivity contribution is 0.177. The second-order valence-corrected chi connectivity index (χ2v) is 6.40. The number of benzene rings is 1. The van der Waals surface area contributed by atoms with Crippen molar-refractivity contribution in [1.82, 2.24) is 4.90 Å². The SMILES string of the molecule is CCc1cc2c(CN3CCC[C@@H](C)C3)cc(=O)oc2cc1O. The Bertz CT molecular complexity index is 735. The molecule has 0 unspecified atom stereocenters. The first-order valence-electron chi connectivity index (χ1n) is 8.07. The van der Waals surface area contributed by atoms with Gasteiger partial charge in [-0.05, 0) is 48.9 Å². The molecule has 3 rings (SSSR count). The molecule has 0 amide bonds. The average Bonchev–Trinajstić information content (AvgIpc) is 2.46. The number of aromatic hydroxyl groups is 1. The van der Waals surface area contributed by atoms with Gasteiger partial charge < -0.3 is 9.52 Å². The highest BCUT2D eigenvalue weighted by atomic mass is 16.4. The van der Waals surface area contributed by atoms with Crippen molar-refractivity contribution < 1.29 is 9.52 Å². The molecule has 1 aromatic carbocycles. The summed E-state index contributed by atoms with van der Waals surface area (Å²) in [7, 11) is 0. The zero-order valence-electron chi connectivity index (χ0n) is 13.3. The van der Waals surface area contributed by atoms with Crippen molar-refractivity contribution in [3.63, 3.8) is 0 Å². The zero-order chi connectivity index (χ0) is 15.7. The number of rotatable bonds is 3. The van der Waals surface area contributed by atoms with E-state index >= 15 is 0 Å². The molecule has 2 aromatic rings. The van der Waals surface area contributed by atoms with E-state index in [1.165, 1.54) is 12.8 Å². The summed E-state index contributed by atoms with van der Waals surface area (Å²) in [6.45, 7) is 7.19. The Morgan fingerprint density at radius 3 is 2.86 bits per heavy atom. The normalized spacial score (nSPS) is 19.6. The van der Waals surface area contributed by atoms with E-state index in [0.29, 0.717) is 11.5 Å². The van der Waals surface area contributed by atoms with E-state index in [1.807, 2.05) is 13.0 Å². The number of phenols is 1. The predicted octanol–water partition coefficient (Wildman–Crippen LogP) is 3.29. The third kappa shape index (κ3) is 3.02. The van der Waals surface area contributed by atoms with Crippen molar-refractivity contribution in [1.29, 1.82) is 0 Å². The number of nitrogens with zero attached hydrogens (tertiary/aromatic N) is 1. The fourth-order valence-electron chi connectivity index (χ4n) is 3.39. The van der Waals surface area contributed by atoms with Crippen LogP contribution in [0.2, 0.25) is 0 Å². The molecule has 1 aromatic heterocycles. The molecule has 1 atom stereocenters. The van der Waals surface area contributed by atoms with E-state index in [-0.39, 0.29) is 11.4 Å². The largest absolute Gasteiger partial charge is 0.508 e. The van der Waals surface area contributed by atoms with Crippen LogP contribution < -0.4 is 5.63 Å². The summed E-state index contributed by atoms with van der Waals surface area (Å²) in [5.74, 6) is 0.900. The van der Waals surface area contributed by atoms with E-state index in [0.717, 1.165) is 42.6 Å². The van der Waals surface area contributed by atoms with Crippen LogP contribution in [0.3, 0.4) is 0 Å². The number of aryl methyl sites for hydroxylation is 1. The first-order chi connectivity index (χ1) is 10.6. The second-order valence-electron chi connectivity index (χ2n) is 6.40. The van der Waals surface area contributed by atoms with Crippen LogP contribution in [-0.2, 0) is 13.0 Å². The Balaban J connectivity index is 2.02. The van der Waals surface area contributed by atoms with Crippen LogP contribution in [0.5, 0.6) is 5.75 Å². The summed E-state index contributed by atoms with van der Waals surface area (Å²) in [5.41, 5.74) is 2.00. The predicted molar refractivity (Wildman–Crippen MR) is 87.2 cm³/mol. The number of hydrogen-bond donors (Lipinski definition) is 1. The number of hydrogen-bond acceptors (Lipinski definition) is 4. The van der Waals surface area contributed by atoms with Crippen LogP contribution in [0.15, 0.2) is 27.4 Å². The first kappa shape index (κ1) is 15.1. The third-order valence-electron chi connectivity index (χ3n) is 4.55. The maximum Gasteiger partial charge on any atom is 0.336 e. The molecule has 1 N–H and O–H groups in total. The van der Waals surface area contributed by atoms with Gasteiger partial charge in [0.25, 0.3) is 0 Å². The van der Waals surface area contributed by atoms with Crippen molar-refractivity contribution in [2.24, 2.45) is 5.92 Å². The zero-order valence-corrected chi connectivity index (χ0v) is 13.3. The van der Waals surface area contributed by atoms with Gasteiger partial charge in [0.05, 0.1) is 0 Å². The Labute approximate surface area is 130 Å². The van der Waals surface area contributed by atoms with Gasteiger partial charge in [-0.25, -0.2) is 4.79 Å². The minimum atomic E-state index is -0.351. The molecule has 4 heteroatoms. The summed E-state index contributed by atoms with van der Waals surface area (Å²) in [6.07, 6.45) is 3.24. The van der Waals surface area contributed by atoms with Gasteiger partial charge in [-0.1, -0.05) is 13.8 Å². The van der Waals surface area contributed by atoms with Gasteiger partial charge in [0, 0.05) is 30.6 Å². The number of phenolic OH excluding ortho intramolecular Hbond substituents is 1. The fraction of sp³-hybridized carbons (Fsp3) is 0.500. The molecule has 22 heavy (non-hydrogen) atoms. The molecule has 1 aliphatic rings. The maximum absolute atomic E-state index is 11.8. The molecular weight excluding hydrogens is 278 g/mol. The highest BCUT2D eigenvalue weighted by Crippen LogP contribution is 2.28. The van der Waals surface area contributed by atoms with Crippen molar-refractivity contribution in [2.75, 3.05) is 13.1 Å². The lowest BCUT2D eigenvalue weighted by atomic mass is 9.99. The highest BCUT2D eigenvalue weighted by molar-refractivity contribution is 5.82. The molecule has 4 nitrogen and oxygen atoms in total. The lowest BCUT2D eigenvalue weighted by Crippen LogP contribution is -2.34. The molecule has 0 bridgehead atoms. The van der Waals surface area contributed by atoms with E-state index in [4.69, 9.17) is 4.42 Å². The molecular formula is C18H23NO3.